The van der Waals surface area contributed by atoms with Crippen LogP contribution in [0, 0.1) is 13.8 Å². The van der Waals surface area contributed by atoms with E-state index in [1.807, 2.05) is 80.6 Å². The highest BCUT2D eigenvalue weighted by Crippen LogP contribution is 2.16. The fraction of sp³-hybridized carbons (Fsp3) is 0.125. The molecule has 7 heteroatoms. The van der Waals surface area contributed by atoms with E-state index in [9.17, 15) is 4.79 Å². The zero-order chi connectivity index (χ0) is 22.4. The molecule has 7 nitrogen and oxygen atoms in total. The number of anilines is 3. The molecule has 158 valence electrons. The highest BCUT2D eigenvalue weighted by atomic mass is 16.1. The third-order valence-electron chi connectivity index (χ3n) is 4.60. The van der Waals surface area contributed by atoms with Gasteiger partial charge in [-0.25, -0.2) is 9.97 Å². The molecule has 0 saturated heterocycles. The van der Waals surface area contributed by atoms with Gasteiger partial charge < -0.3 is 22.5 Å². The summed E-state index contributed by atoms with van der Waals surface area (Å²) in [6.45, 7) is 4.37. The van der Waals surface area contributed by atoms with Gasteiger partial charge in [-0.1, -0.05) is 42.5 Å². The van der Waals surface area contributed by atoms with Gasteiger partial charge in [-0.3, -0.25) is 4.79 Å². The predicted octanol–water partition coefficient (Wildman–Crippen LogP) is 3.61. The van der Waals surface area contributed by atoms with E-state index in [-0.39, 0.29) is 17.4 Å². The van der Waals surface area contributed by atoms with Gasteiger partial charge in [0.1, 0.15) is 0 Å². The molecule has 0 aliphatic rings. The summed E-state index contributed by atoms with van der Waals surface area (Å²) in [4.78, 5) is 20.9. The largest absolute Gasteiger partial charge is 0.397 e. The lowest BCUT2D eigenvalue weighted by atomic mass is 10.2. The van der Waals surface area contributed by atoms with E-state index in [0.717, 1.165) is 16.7 Å². The summed E-state index contributed by atoms with van der Waals surface area (Å²) in [5.41, 5.74) is 22.9. The summed E-state index contributed by atoms with van der Waals surface area (Å²) in [5.74, 6) is -0.181. The molecule has 0 bridgehead atoms. The lowest BCUT2D eigenvalue weighted by molar-refractivity contribution is 0.0947. The number of hydrogen-bond donors (Lipinski definition) is 4. The van der Waals surface area contributed by atoms with E-state index in [1.54, 1.807) is 0 Å². The molecule has 31 heavy (non-hydrogen) atoms. The topological polar surface area (TPSA) is 133 Å². The molecule has 1 amide bonds. The Morgan fingerprint density at radius 3 is 2.16 bits per heavy atom. The van der Waals surface area contributed by atoms with Crippen LogP contribution in [-0.2, 0) is 6.54 Å². The van der Waals surface area contributed by atoms with Crippen LogP contribution < -0.4 is 22.5 Å². The van der Waals surface area contributed by atoms with Gasteiger partial charge >= 0.3 is 0 Å². The molecule has 0 aliphatic carbocycles. The van der Waals surface area contributed by atoms with Crippen LogP contribution in [0.4, 0.5) is 17.2 Å². The van der Waals surface area contributed by atoms with Crippen LogP contribution in [0.5, 0.6) is 0 Å². The van der Waals surface area contributed by atoms with Crippen molar-refractivity contribution < 1.29 is 4.79 Å². The molecule has 7 N–H and O–H groups in total. The van der Waals surface area contributed by atoms with Crippen molar-refractivity contribution in [3.8, 4) is 0 Å². The van der Waals surface area contributed by atoms with Crippen molar-refractivity contribution in [1.29, 1.82) is 0 Å². The van der Waals surface area contributed by atoms with Crippen LogP contribution >= 0.6 is 0 Å². The SMILES string of the molecule is Cc1ccc(N)c(N)c1.Cc1ccc2nc(N)c(C(=O)NCc3ccccc3)nc2c1. The number of aryl methyl sites for hydroxylation is 2. The Morgan fingerprint density at radius 2 is 1.48 bits per heavy atom. The van der Waals surface area contributed by atoms with Crippen molar-refractivity contribution in [2.75, 3.05) is 17.2 Å². The maximum Gasteiger partial charge on any atom is 0.274 e. The normalized spacial score (nSPS) is 10.3. The first-order valence-corrected chi connectivity index (χ1v) is 9.81. The summed E-state index contributed by atoms with van der Waals surface area (Å²) in [5, 5.41) is 2.81. The molecule has 0 radical (unpaired) electrons. The van der Waals surface area contributed by atoms with Crippen molar-refractivity contribution in [2.45, 2.75) is 20.4 Å². The van der Waals surface area contributed by atoms with E-state index < -0.39 is 0 Å². The van der Waals surface area contributed by atoms with Gasteiger partial charge in [-0.05, 0) is 54.8 Å². The number of rotatable bonds is 3. The number of nitrogen functional groups attached to an aromatic ring is 3. The zero-order valence-electron chi connectivity index (χ0n) is 17.6. The maximum atomic E-state index is 12.3. The highest BCUT2D eigenvalue weighted by Gasteiger charge is 2.14. The average Bonchev–Trinajstić information content (AvgIpc) is 2.76. The Morgan fingerprint density at radius 1 is 0.806 bits per heavy atom. The predicted molar refractivity (Wildman–Crippen MR) is 126 cm³/mol. The number of amides is 1. The van der Waals surface area contributed by atoms with Crippen LogP contribution in [0.25, 0.3) is 11.0 Å². The summed E-state index contributed by atoms with van der Waals surface area (Å²) < 4.78 is 0. The summed E-state index contributed by atoms with van der Waals surface area (Å²) >= 11 is 0. The lowest BCUT2D eigenvalue weighted by Gasteiger charge is -2.08. The molecule has 0 saturated carbocycles. The van der Waals surface area contributed by atoms with Gasteiger partial charge in [-0.15, -0.1) is 0 Å². The minimum atomic E-state index is -0.322. The summed E-state index contributed by atoms with van der Waals surface area (Å²) in [6.07, 6.45) is 0. The standard InChI is InChI=1S/C17H16N4O.C7H10N2/c1-11-7-8-13-14(9-11)20-15(16(18)21-13)17(22)19-10-12-5-3-2-4-6-12;1-5-2-3-6(8)7(9)4-5/h2-9H,10H2,1H3,(H2,18,21)(H,19,22);2-4H,8-9H2,1H3. The number of nitrogens with two attached hydrogens (primary N) is 3. The number of nitrogens with zero attached hydrogens (tertiary/aromatic N) is 2. The highest BCUT2D eigenvalue weighted by molar-refractivity contribution is 5.98. The molecule has 3 aromatic carbocycles. The fourth-order valence-electron chi connectivity index (χ4n) is 2.90. The Labute approximate surface area is 181 Å². The van der Waals surface area contributed by atoms with E-state index >= 15 is 0 Å². The fourth-order valence-corrected chi connectivity index (χ4v) is 2.90. The molecule has 4 rings (SSSR count). The average molecular weight is 415 g/mol. The van der Waals surface area contributed by atoms with Crippen molar-refractivity contribution in [3.63, 3.8) is 0 Å². The van der Waals surface area contributed by atoms with E-state index in [4.69, 9.17) is 17.2 Å². The second kappa shape index (κ2) is 9.58. The Hall–Kier alpha value is -4.13. The lowest BCUT2D eigenvalue weighted by Crippen LogP contribution is -2.25. The first-order valence-electron chi connectivity index (χ1n) is 9.81. The molecule has 0 spiro atoms. The molecule has 4 aromatic rings. The van der Waals surface area contributed by atoms with E-state index in [0.29, 0.717) is 29.0 Å². The number of carbonyl (C=O) groups excluding carboxylic acids is 1. The Bertz CT molecular complexity index is 1210. The van der Waals surface area contributed by atoms with Gasteiger partial charge in [-0.2, -0.15) is 0 Å². The van der Waals surface area contributed by atoms with Gasteiger partial charge in [0.2, 0.25) is 0 Å². The van der Waals surface area contributed by atoms with Gasteiger partial charge in [0.25, 0.3) is 5.91 Å². The molecule has 0 aliphatic heterocycles. The summed E-state index contributed by atoms with van der Waals surface area (Å²) in [6, 6.07) is 20.9. The van der Waals surface area contributed by atoms with Crippen LogP contribution in [0.3, 0.4) is 0 Å². The van der Waals surface area contributed by atoms with Crippen LogP contribution in [-0.4, -0.2) is 15.9 Å². The monoisotopic (exact) mass is 414 g/mol. The smallest absolute Gasteiger partial charge is 0.274 e. The third kappa shape index (κ3) is 5.70. The van der Waals surface area contributed by atoms with Crippen LogP contribution in [0.15, 0.2) is 66.7 Å². The molecule has 0 fully saturated rings. The zero-order valence-corrected chi connectivity index (χ0v) is 17.6. The third-order valence-corrected chi connectivity index (χ3v) is 4.60. The van der Waals surface area contributed by atoms with Crippen molar-refractivity contribution in [2.24, 2.45) is 0 Å². The van der Waals surface area contributed by atoms with Crippen molar-refractivity contribution >= 4 is 34.1 Å². The number of aromatic nitrogens is 2. The number of nitrogens with one attached hydrogen (secondary N) is 1. The maximum absolute atomic E-state index is 12.3. The first-order chi connectivity index (χ1) is 14.8. The first kappa shape index (κ1) is 21.6. The van der Waals surface area contributed by atoms with Crippen molar-refractivity contribution in [1.82, 2.24) is 15.3 Å². The second-order valence-corrected chi connectivity index (χ2v) is 7.25. The molecule has 0 unspecified atom stereocenters. The van der Waals surface area contributed by atoms with Crippen LogP contribution in [0.1, 0.15) is 27.2 Å². The Balaban J connectivity index is 0.000000254. The molecule has 1 heterocycles. The van der Waals surface area contributed by atoms with Gasteiger partial charge in [0, 0.05) is 6.54 Å². The molecular formula is C24H26N6O. The number of fused-ring (bicyclic) bond motifs is 1. The summed E-state index contributed by atoms with van der Waals surface area (Å²) in [7, 11) is 0. The molecule has 1 aromatic heterocycles. The number of benzene rings is 3. The Kier molecular flexibility index (Phi) is 6.67. The number of hydrogen-bond acceptors (Lipinski definition) is 6. The van der Waals surface area contributed by atoms with E-state index in [2.05, 4.69) is 15.3 Å². The van der Waals surface area contributed by atoms with E-state index in [1.165, 1.54) is 0 Å². The minimum Gasteiger partial charge on any atom is -0.397 e. The van der Waals surface area contributed by atoms with Gasteiger partial charge in [0.05, 0.1) is 22.4 Å². The molecular weight excluding hydrogens is 388 g/mol. The van der Waals surface area contributed by atoms with Gasteiger partial charge in [0.15, 0.2) is 11.5 Å². The van der Waals surface area contributed by atoms with Crippen molar-refractivity contribution in [3.05, 3.63) is 89.1 Å². The minimum absolute atomic E-state index is 0.141. The molecule has 0 atom stereocenters. The quantitative estimate of drug-likeness (QED) is 0.379. The number of carbonyl (C=O) groups is 1. The van der Waals surface area contributed by atoms with Crippen LogP contribution in [0.2, 0.25) is 0 Å². The second-order valence-electron chi connectivity index (χ2n) is 7.25.